The molecular formula is C5H6F2O3. The summed E-state index contributed by atoms with van der Waals surface area (Å²) in [5, 5.41) is 7.97. The van der Waals surface area contributed by atoms with Crippen molar-refractivity contribution in [3.63, 3.8) is 0 Å². The van der Waals surface area contributed by atoms with Gasteiger partial charge in [-0.25, -0.2) is 13.6 Å². The van der Waals surface area contributed by atoms with Gasteiger partial charge >= 0.3 is 6.16 Å². The molecule has 58 valence electrons. The largest absolute Gasteiger partial charge is 0.506 e. The third-order valence-corrected chi connectivity index (χ3v) is 1.52. The topological polar surface area (TPSA) is 46.5 Å². The van der Waals surface area contributed by atoms with Gasteiger partial charge in [0.05, 0.1) is 6.42 Å². The van der Waals surface area contributed by atoms with Crippen LogP contribution < -0.4 is 0 Å². The number of ether oxygens (including phenoxy) is 1. The van der Waals surface area contributed by atoms with Gasteiger partial charge in [0.2, 0.25) is 0 Å². The van der Waals surface area contributed by atoms with Gasteiger partial charge in [0.15, 0.2) is 5.60 Å². The Morgan fingerprint density at radius 2 is 2.10 bits per heavy atom. The highest BCUT2D eigenvalue weighted by Crippen LogP contribution is 2.54. The average molecular weight is 152 g/mol. The highest BCUT2D eigenvalue weighted by molar-refractivity contribution is 5.58. The van der Waals surface area contributed by atoms with Crippen molar-refractivity contribution < 1.29 is 23.4 Å². The van der Waals surface area contributed by atoms with Crippen LogP contribution in [0.5, 0.6) is 0 Å². The van der Waals surface area contributed by atoms with Crippen molar-refractivity contribution in [2.75, 3.05) is 0 Å². The van der Waals surface area contributed by atoms with Crippen LogP contribution in [0.25, 0.3) is 0 Å². The van der Waals surface area contributed by atoms with E-state index in [9.17, 15) is 13.6 Å². The van der Waals surface area contributed by atoms with E-state index in [1.807, 2.05) is 0 Å². The highest BCUT2D eigenvalue weighted by atomic mass is 19.3. The minimum atomic E-state index is -2.97. The van der Waals surface area contributed by atoms with Crippen LogP contribution in [0, 0.1) is 0 Å². The standard InChI is InChI=1S/C5H6F2O3/c1-4(10-3(8)9)2-5(4,6)7/h2H2,1H3,(H,8,9). The molecule has 1 N–H and O–H groups in total. The zero-order chi connectivity index (χ0) is 7.99. The molecule has 0 bridgehead atoms. The van der Waals surface area contributed by atoms with E-state index < -0.39 is 24.1 Å². The number of rotatable bonds is 1. The lowest BCUT2D eigenvalue weighted by atomic mass is 10.4. The number of hydrogen-bond donors (Lipinski definition) is 1. The summed E-state index contributed by atoms with van der Waals surface area (Å²) in [5.74, 6) is -2.97. The van der Waals surface area contributed by atoms with E-state index in [-0.39, 0.29) is 0 Å². The van der Waals surface area contributed by atoms with Gasteiger partial charge in [0, 0.05) is 0 Å². The first kappa shape index (κ1) is 7.24. The van der Waals surface area contributed by atoms with Gasteiger partial charge in [-0.2, -0.15) is 0 Å². The molecule has 0 aliphatic heterocycles. The van der Waals surface area contributed by atoms with Gasteiger partial charge in [-0.3, -0.25) is 0 Å². The van der Waals surface area contributed by atoms with Crippen LogP contribution in [0.15, 0.2) is 0 Å². The molecule has 5 heteroatoms. The minimum Gasteiger partial charge on any atom is -0.450 e. The van der Waals surface area contributed by atoms with E-state index in [1.54, 1.807) is 0 Å². The Hall–Kier alpha value is -0.870. The first-order chi connectivity index (χ1) is 4.37. The Morgan fingerprint density at radius 1 is 1.70 bits per heavy atom. The summed E-state index contributed by atoms with van der Waals surface area (Å²) >= 11 is 0. The lowest BCUT2D eigenvalue weighted by Gasteiger charge is -2.07. The van der Waals surface area contributed by atoms with Crippen LogP contribution in [0.1, 0.15) is 13.3 Å². The van der Waals surface area contributed by atoms with Crippen LogP contribution in [0.4, 0.5) is 13.6 Å². The third-order valence-electron chi connectivity index (χ3n) is 1.52. The number of hydrogen-bond acceptors (Lipinski definition) is 2. The van der Waals surface area contributed by atoms with Gasteiger partial charge in [-0.15, -0.1) is 0 Å². The predicted octanol–water partition coefficient (Wildman–Crippen LogP) is 1.48. The number of carboxylic acid groups (broad SMARTS) is 1. The maximum absolute atomic E-state index is 12.2. The molecule has 0 heterocycles. The summed E-state index contributed by atoms with van der Waals surface area (Å²) in [6.45, 7) is 1.07. The summed E-state index contributed by atoms with van der Waals surface area (Å²) in [6.07, 6.45) is -2.16. The fourth-order valence-corrected chi connectivity index (χ4v) is 0.683. The van der Waals surface area contributed by atoms with Crippen molar-refractivity contribution in [2.45, 2.75) is 24.9 Å². The zero-order valence-electron chi connectivity index (χ0n) is 5.23. The minimum absolute atomic E-state index is 0.508. The molecule has 0 aromatic carbocycles. The number of halogens is 2. The van der Waals surface area contributed by atoms with Crippen molar-refractivity contribution in [2.24, 2.45) is 0 Å². The van der Waals surface area contributed by atoms with Gasteiger partial charge in [0.25, 0.3) is 5.92 Å². The zero-order valence-corrected chi connectivity index (χ0v) is 5.23. The fraction of sp³-hybridized carbons (Fsp3) is 0.800. The summed E-state index contributed by atoms with van der Waals surface area (Å²) < 4.78 is 28.2. The van der Waals surface area contributed by atoms with Crippen molar-refractivity contribution in [1.29, 1.82) is 0 Å². The molecule has 1 rings (SSSR count). The Bertz CT molecular complexity index is 180. The molecule has 1 saturated carbocycles. The fourth-order valence-electron chi connectivity index (χ4n) is 0.683. The Labute approximate surface area is 55.6 Å². The van der Waals surface area contributed by atoms with E-state index in [2.05, 4.69) is 4.74 Å². The lowest BCUT2D eigenvalue weighted by molar-refractivity contribution is -0.0263. The molecule has 0 aromatic heterocycles. The predicted molar refractivity (Wildman–Crippen MR) is 27.1 cm³/mol. The Balaban J connectivity index is 2.52. The molecule has 10 heavy (non-hydrogen) atoms. The van der Waals surface area contributed by atoms with Crippen LogP contribution in [-0.2, 0) is 4.74 Å². The molecule has 1 atom stereocenters. The second kappa shape index (κ2) is 1.59. The van der Waals surface area contributed by atoms with E-state index in [1.165, 1.54) is 0 Å². The van der Waals surface area contributed by atoms with Crippen molar-refractivity contribution in [3.05, 3.63) is 0 Å². The van der Waals surface area contributed by atoms with Crippen LogP contribution >= 0.6 is 0 Å². The van der Waals surface area contributed by atoms with Gasteiger partial charge < -0.3 is 9.84 Å². The molecule has 1 aliphatic carbocycles. The monoisotopic (exact) mass is 152 g/mol. The third kappa shape index (κ3) is 0.913. The number of alkyl halides is 2. The van der Waals surface area contributed by atoms with Crippen molar-refractivity contribution in [3.8, 4) is 0 Å². The highest BCUT2D eigenvalue weighted by Gasteiger charge is 2.72. The molecule has 0 radical (unpaired) electrons. The molecule has 0 saturated heterocycles. The molecule has 0 amide bonds. The van der Waals surface area contributed by atoms with Crippen LogP contribution in [0.2, 0.25) is 0 Å². The number of carbonyl (C=O) groups is 1. The first-order valence-electron chi connectivity index (χ1n) is 2.67. The Kier molecular flexibility index (Phi) is 1.15. The van der Waals surface area contributed by atoms with Crippen LogP contribution in [0.3, 0.4) is 0 Å². The SMILES string of the molecule is CC1(OC(=O)O)CC1(F)F. The molecule has 1 aliphatic rings. The summed E-state index contributed by atoms with van der Waals surface area (Å²) in [5.41, 5.74) is -1.77. The van der Waals surface area contributed by atoms with Gasteiger partial charge in [0.1, 0.15) is 0 Å². The van der Waals surface area contributed by atoms with E-state index in [4.69, 9.17) is 5.11 Å². The van der Waals surface area contributed by atoms with Gasteiger partial charge in [-0.1, -0.05) is 0 Å². The molecular weight excluding hydrogens is 146 g/mol. The van der Waals surface area contributed by atoms with Gasteiger partial charge in [-0.05, 0) is 6.92 Å². The summed E-state index contributed by atoms with van der Waals surface area (Å²) in [6, 6.07) is 0. The maximum atomic E-state index is 12.2. The second-order valence-corrected chi connectivity index (χ2v) is 2.48. The average Bonchev–Trinajstić information content (AvgIpc) is 2.01. The molecule has 1 fully saturated rings. The van der Waals surface area contributed by atoms with E-state index in [0.717, 1.165) is 6.92 Å². The molecule has 1 unspecified atom stereocenters. The molecule has 0 aromatic rings. The lowest BCUT2D eigenvalue weighted by Crippen LogP contribution is -2.21. The summed E-state index contributed by atoms with van der Waals surface area (Å²) in [7, 11) is 0. The van der Waals surface area contributed by atoms with Crippen LogP contribution in [-0.4, -0.2) is 22.8 Å². The van der Waals surface area contributed by atoms with E-state index in [0.29, 0.717) is 0 Å². The van der Waals surface area contributed by atoms with Crippen molar-refractivity contribution in [1.82, 2.24) is 0 Å². The molecule has 3 nitrogen and oxygen atoms in total. The maximum Gasteiger partial charge on any atom is 0.506 e. The van der Waals surface area contributed by atoms with E-state index >= 15 is 0 Å². The Morgan fingerprint density at radius 3 is 2.20 bits per heavy atom. The molecule has 0 spiro atoms. The van der Waals surface area contributed by atoms with Crippen molar-refractivity contribution >= 4 is 6.16 Å². The first-order valence-corrected chi connectivity index (χ1v) is 2.67. The normalized spacial score (nSPS) is 35.1. The smallest absolute Gasteiger partial charge is 0.450 e. The second-order valence-electron chi connectivity index (χ2n) is 2.48. The summed E-state index contributed by atoms with van der Waals surface area (Å²) in [4.78, 5) is 9.79. The quantitative estimate of drug-likeness (QED) is 0.579.